The Morgan fingerprint density at radius 3 is 0.849 bits per heavy atom. The maximum absolute atomic E-state index is 11.4. The first-order valence-corrected chi connectivity index (χ1v) is 58.9. The molecule has 0 aliphatic carbocycles. The van der Waals surface area contributed by atoms with E-state index in [1.807, 2.05) is 0 Å². The third-order valence-electron chi connectivity index (χ3n) is 12.7. The minimum atomic E-state index is -2.55. The summed E-state index contributed by atoms with van der Waals surface area (Å²) in [4.78, 5) is 45.4. The van der Waals surface area contributed by atoms with Crippen molar-refractivity contribution < 1.29 is 19.2 Å². The molecule has 0 aromatic carbocycles. The molecule has 0 radical (unpaired) electrons. The van der Waals surface area contributed by atoms with Crippen LogP contribution in [0.5, 0.6) is 0 Å². The molecule has 0 aromatic heterocycles. The van der Waals surface area contributed by atoms with Gasteiger partial charge in [0, 0.05) is 0 Å². The van der Waals surface area contributed by atoms with Crippen LogP contribution in [-0.2, 0) is 0 Å². The normalized spacial score (nSPS) is 18.1. The van der Waals surface area contributed by atoms with Gasteiger partial charge in [-0.15, -0.1) is 0 Å². The van der Waals surface area contributed by atoms with Crippen LogP contribution in [0, 0.1) is 0 Å². The molecular formula is C36H92O4P4S2Si6Sn. The first-order chi connectivity index (χ1) is 23.4. The monoisotopic (exact) mass is 1060 g/mol. The van der Waals surface area contributed by atoms with Gasteiger partial charge in [-0.05, 0) is 0 Å². The number of rotatable bonds is 28. The second-order valence-electron chi connectivity index (χ2n) is 20.9. The molecule has 0 spiro atoms. The molecule has 0 amide bonds. The molecule has 4 N–H and O–H groups in total. The van der Waals surface area contributed by atoms with E-state index < -0.39 is 63.7 Å². The van der Waals surface area contributed by atoms with Gasteiger partial charge in [0.2, 0.25) is 0 Å². The standard InChI is InChI=1S/2C14H38O2P2SSi3.2C4H9.Sn/c2*1-13(2,20(5,6)15)17-22(9,12-10-11-19)18-14(3,4)21(7,8)16;2*1-3-4-2;/h2*15-19H,10-12H2,1-9H3;2*1,3-4H2,2H3;/q;;;;+2/p-2. The van der Waals surface area contributed by atoms with Gasteiger partial charge in [0.05, 0.1) is 0 Å². The molecule has 0 aromatic rings. The van der Waals surface area contributed by atoms with E-state index in [1.54, 1.807) is 0 Å². The van der Waals surface area contributed by atoms with Gasteiger partial charge in [-0.25, -0.2) is 0 Å². The van der Waals surface area contributed by atoms with Crippen molar-refractivity contribution >= 4 is 114 Å². The zero-order valence-electron chi connectivity index (χ0n) is 38.6. The Kier molecular flexibility index (Phi) is 23.9. The van der Waals surface area contributed by atoms with Crippen molar-refractivity contribution in [3.8, 4) is 0 Å². The molecule has 0 rings (SSSR count). The fourth-order valence-corrected chi connectivity index (χ4v) is 109. The topological polar surface area (TPSA) is 80.9 Å². The third-order valence-corrected chi connectivity index (χ3v) is 96.9. The molecule has 4 nitrogen and oxygen atoms in total. The van der Waals surface area contributed by atoms with Gasteiger partial charge >= 0.3 is 358 Å². The maximum atomic E-state index is 11.4. The van der Waals surface area contributed by atoms with Crippen LogP contribution >= 0.6 is 50.4 Å². The fraction of sp³-hybridized carbons (Fsp3) is 1.00. The zero-order chi connectivity index (χ0) is 42.2. The molecule has 0 aliphatic heterocycles. The molecule has 0 fully saturated rings. The van der Waals surface area contributed by atoms with Crippen LogP contribution in [0.2, 0.25) is 86.4 Å². The Balaban J connectivity index is 6.26. The van der Waals surface area contributed by atoms with E-state index in [9.17, 15) is 19.2 Å². The molecule has 0 bridgehead atoms. The Morgan fingerprint density at radius 2 is 0.660 bits per heavy atom. The van der Waals surface area contributed by atoms with Crippen molar-refractivity contribution in [2.24, 2.45) is 0 Å². The molecule has 0 heterocycles. The van der Waals surface area contributed by atoms with Gasteiger partial charge in [-0.3, -0.25) is 0 Å². The van der Waals surface area contributed by atoms with E-state index in [1.165, 1.54) is 71.0 Å². The summed E-state index contributed by atoms with van der Waals surface area (Å²) in [5.41, 5.74) is 0. The average Bonchev–Trinajstić information content (AvgIpc) is 2.91. The van der Waals surface area contributed by atoms with Crippen molar-refractivity contribution in [1.29, 1.82) is 0 Å². The average molecular weight is 1060 g/mol. The van der Waals surface area contributed by atoms with Gasteiger partial charge in [0.1, 0.15) is 0 Å². The van der Waals surface area contributed by atoms with Crippen molar-refractivity contribution in [3.05, 3.63) is 0 Å². The summed E-state index contributed by atoms with van der Waals surface area (Å²) in [6.07, 6.45) is 7.96. The molecule has 0 aliphatic rings. The fourth-order valence-electron chi connectivity index (χ4n) is 6.40. The van der Waals surface area contributed by atoms with E-state index in [2.05, 4.69) is 153 Å². The molecule has 320 valence electrons. The summed E-state index contributed by atoms with van der Waals surface area (Å²) < 4.78 is 3.06. The summed E-state index contributed by atoms with van der Waals surface area (Å²) in [6.45, 7) is 46.0. The Morgan fingerprint density at radius 1 is 0.434 bits per heavy atom. The van der Waals surface area contributed by atoms with Crippen LogP contribution in [0.1, 0.15) is 108 Å². The predicted molar refractivity (Wildman–Crippen MR) is 281 cm³/mol. The first kappa shape index (κ1) is 57.4. The quantitative estimate of drug-likeness (QED) is 0.0355. The number of unbranched alkanes of at least 4 members (excludes halogenated alkanes) is 2. The Labute approximate surface area is 354 Å². The van der Waals surface area contributed by atoms with Gasteiger partial charge in [-0.1, -0.05) is 0 Å². The Bertz CT molecular complexity index is 958. The van der Waals surface area contributed by atoms with Crippen LogP contribution in [0.15, 0.2) is 0 Å². The predicted octanol–water partition coefficient (Wildman–Crippen LogP) is 13.2. The molecule has 4 atom stereocenters. The third kappa shape index (κ3) is 19.5. The van der Waals surface area contributed by atoms with Crippen LogP contribution in [0.25, 0.3) is 0 Å². The number of hydrogen-bond acceptors (Lipinski definition) is 6. The van der Waals surface area contributed by atoms with E-state index in [0.29, 0.717) is 0 Å². The van der Waals surface area contributed by atoms with Crippen molar-refractivity contribution in [2.45, 2.75) is 213 Å². The van der Waals surface area contributed by atoms with E-state index in [4.69, 9.17) is 0 Å². The Hall–Kier alpha value is 4.36. The summed E-state index contributed by atoms with van der Waals surface area (Å²) in [5.74, 6) is 2.61. The van der Waals surface area contributed by atoms with Crippen LogP contribution < -0.4 is 0 Å². The van der Waals surface area contributed by atoms with Crippen LogP contribution in [0.4, 0.5) is 0 Å². The van der Waals surface area contributed by atoms with Gasteiger partial charge < -0.3 is 0 Å². The molecule has 0 saturated carbocycles. The summed E-state index contributed by atoms with van der Waals surface area (Å²) in [7, 11) is -4.35. The summed E-state index contributed by atoms with van der Waals surface area (Å²) in [5, 5.41) is 0. The van der Waals surface area contributed by atoms with Crippen molar-refractivity contribution in [2.75, 3.05) is 11.5 Å². The minimum absolute atomic E-state index is 0.0139. The molecule has 0 saturated heterocycles. The summed E-state index contributed by atoms with van der Waals surface area (Å²) in [6, 6.07) is 2.67. The second-order valence-corrected chi connectivity index (χ2v) is 98.6. The molecule has 17 heteroatoms. The van der Waals surface area contributed by atoms with Gasteiger partial charge in [0.15, 0.2) is 0 Å². The molecular weight excluding hydrogens is 972 g/mol. The van der Waals surface area contributed by atoms with Crippen molar-refractivity contribution in [1.82, 2.24) is 0 Å². The zero-order valence-corrected chi connectivity index (χ0v) is 53.1. The van der Waals surface area contributed by atoms with E-state index >= 15 is 0 Å². The summed E-state index contributed by atoms with van der Waals surface area (Å²) >= 11 is -2.55. The molecule has 4 unspecified atom stereocenters. The van der Waals surface area contributed by atoms with Crippen LogP contribution in [-0.4, -0.2) is 114 Å². The van der Waals surface area contributed by atoms with Gasteiger partial charge in [-0.2, -0.15) is 0 Å². The molecule has 53 heavy (non-hydrogen) atoms. The SMILES string of the molecule is CCC[CH2][Sn]([CH2]CCC)([S]CCC[Si](C)(PC(C)(C)[Si](C)(C)O)PC(C)(C)[Si](C)(C)O)[S]CCC[Si](C)(PC(C)(C)[Si](C)(C)O)PC(C)(C)[Si](C)(C)O. The van der Waals surface area contributed by atoms with Crippen molar-refractivity contribution in [3.63, 3.8) is 0 Å². The first-order valence-electron chi connectivity index (χ1n) is 20.7. The van der Waals surface area contributed by atoms with E-state index in [0.717, 1.165) is 32.5 Å². The van der Waals surface area contributed by atoms with Crippen LogP contribution in [0.3, 0.4) is 0 Å². The van der Waals surface area contributed by atoms with Gasteiger partial charge in [0.25, 0.3) is 0 Å². The van der Waals surface area contributed by atoms with E-state index in [-0.39, 0.29) is 19.1 Å². The number of hydrogen-bond donors (Lipinski definition) is 4. The second kappa shape index (κ2) is 22.1.